The summed E-state index contributed by atoms with van der Waals surface area (Å²) in [6.45, 7) is 1.83. The minimum absolute atomic E-state index is 0. The molecular weight excluding hydrogens is 266 g/mol. The molecule has 2 radical (unpaired) electrons. The Hall–Kier alpha value is 1.29. The molecule has 0 saturated heterocycles. The smallest absolute Gasteiger partial charge is 0 e. The third-order valence-electron chi connectivity index (χ3n) is 0.603. The second kappa shape index (κ2) is 7.40. The molecule has 0 saturated carbocycles. The minimum Gasteiger partial charge on any atom is -0.483 e. The van der Waals surface area contributed by atoms with Crippen LogP contribution in [0.25, 0.3) is 0 Å². The van der Waals surface area contributed by atoms with Gasteiger partial charge in [-0.3, -0.25) is 0 Å². The van der Waals surface area contributed by atoms with Crippen LogP contribution in [-0.2, 0) is 65.4 Å². The fourth-order valence-corrected chi connectivity index (χ4v) is 0.298. The summed E-state index contributed by atoms with van der Waals surface area (Å²) in [4.78, 5) is 0. The van der Waals surface area contributed by atoms with Crippen molar-refractivity contribution in [2.75, 3.05) is 0 Å². The Labute approximate surface area is 105 Å². The molecule has 0 N–H and O–H groups in total. The minimum atomic E-state index is 0. The van der Waals surface area contributed by atoms with Crippen LogP contribution in [0.4, 0.5) is 0 Å². The third-order valence-corrected chi connectivity index (χ3v) is 0.603. The van der Waals surface area contributed by atoms with Crippen LogP contribution in [0.1, 0.15) is 5.69 Å². The summed E-state index contributed by atoms with van der Waals surface area (Å²) in [7, 11) is 0. The largest absolute Gasteiger partial charge is 0.483 e. The van der Waals surface area contributed by atoms with Crippen LogP contribution in [0.2, 0.25) is 0 Å². The van der Waals surface area contributed by atoms with Crippen molar-refractivity contribution < 1.29 is 65.4 Å². The quantitative estimate of drug-likeness (QED) is 0.637. The van der Waals surface area contributed by atoms with Gasteiger partial charge in [0, 0.05) is 65.4 Å². The monoisotopic (exact) mass is 270 g/mol. The molecule has 0 aliphatic carbocycles. The number of aryl methyl sites for hydroxylation is 1. The summed E-state index contributed by atoms with van der Waals surface area (Å²) < 4.78 is 0. The predicted octanol–water partition coefficient (Wildman–Crippen LogP) is 0.380. The summed E-state index contributed by atoms with van der Waals surface area (Å²) in [6, 6.07) is 4.42. The SMILES string of the molecule is Cc1[c-]c[c-]nn1.[Y].[Y]. The molecule has 0 unspecified atom stereocenters. The first-order chi connectivity index (χ1) is 3.39. The van der Waals surface area contributed by atoms with Crippen LogP contribution in [0.5, 0.6) is 0 Å². The Bertz CT molecular complexity index is 143. The molecule has 0 aromatic carbocycles. The Balaban J connectivity index is 0. The summed E-state index contributed by atoms with van der Waals surface area (Å²) in [5.41, 5.74) is 0.804. The average Bonchev–Trinajstić information content (AvgIpc) is 1.69. The Morgan fingerprint density at radius 1 is 1.44 bits per heavy atom. The number of hydrogen-bond acceptors (Lipinski definition) is 2. The van der Waals surface area contributed by atoms with Crippen molar-refractivity contribution in [3.05, 3.63) is 24.0 Å². The second-order valence-corrected chi connectivity index (χ2v) is 1.20. The summed E-state index contributed by atoms with van der Waals surface area (Å²) in [5, 5.41) is 7.10. The molecule has 4 heteroatoms. The molecule has 0 aliphatic heterocycles. The first kappa shape index (κ1) is 12.9. The van der Waals surface area contributed by atoms with E-state index >= 15 is 0 Å². The maximum Gasteiger partial charge on any atom is 0 e. The molecule has 1 rings (SSSR count). The van der Waals surface area contributed by atoms with Gasteiger partial charge in [0.15, 0.2) is 0 Å². The predicted molar refractivity (Wildman–Crippen MR) is 24.4 cm³/mol. The molecule has 0 atom stereocenters. The number of nitrogens with zero attached hydrogens (tertiary/aromatic N) is 2. The molecule has 0 amide bonds. The molecule has 1 aromatic rings. The first-order valence-electron chi connectivity index (χ1n) is 1.97. The van der Waals surface area contributed by atoms with E-state index in [2.05, 4.69) is 22.5 Å². The fraction of sp³-hybridized carbons (Fsp3) is 0.200. The Kier molecular flexibility index (Phi) is 10.6. The zero-order chi connectivity index (χ0) is 5.11. The van der Waals surface area contributed by atoms with Crippen molar-refractivity contribution >= 4 is 0 Å². The van der Waals surface area contributed by atoms with Crippen molar-refractivity contribution in [1.29, 1.82) is 0 Å². The second-order valence-electron chi connectivity index (χ2n) is 1.20. The van der Waals surface area contributed by atoms with Crippen LogP contribution in [0.15, 0.2) is 6.07 Å². The molecular formula is C5H4N2Y2-2. The third kappa shape index (κ3) is 5.72. The summed E-state index contributed by atoms with van der Waals surface area (Å²) >= 11 is 0. The van der Waals surface area contributed by atoms with Crippen molar-refractivity contribution in [2.24, 2.45) is 0 Å². The average molecular weight is 270 g/mol. The van der Waals surface area contributed by atoms with Crippen LogP contribution in [0, 0.1) is 19.2 Å². The van der Waals surface area contributed by atoms with E-state index in [1.165, 1.54) is 0 Å². The molecule has 42 valence electrons. The van der Waals surface area contributed by atoms with Gasteiger partial charge in [0.25, 0.3) is 0 Å². The van der Waals surface area contributed by atoms with E-state index in [9.17, 15) is 0 Å². The van der Waals surface area contributed by atoms with E-state index in [-0.39, 0.29) is 65.4 Å². The number of aromatic nitrogens is 2. The molecule has 1 heterocycles. The van der Waals surface area contributed by atoms with Crippen LogP contribution >= 0.6 is 0 Å². The zero-order valence-corrected chi connectivity index (χ0v) is 10.8. The topological polar surface area (TPSA) is 25.8 Å². The van der Waals surface area contributed by atoms with Gasteiger partial charge in [0.1, 0.15) is 0 Å². The zero-order valence-electron chi connectivity index (χ0n) is 5.13. The van der Waals surface area contributed by atoms with E-state index in [0.717, 1.165) is 5.69 Å². The number of hydrogen-bond donors (Lipinski definition) is 0. The van der Waals surface area contributed by atoms with E-state index in [1.807, 2.05) is 6.92 Å². The van der Waals surface area contributed by atoms with Crippen LogP contribution in [-0.4, -0.2) is 10.2 Å². The van der Waals surface area contributed by atoms with E-state index in [1.54, 1.807) is 6.07 Å². The molecule has 0 spiro atoms. The van der Waals surface area contributed by atoms with Crippen molar-refractivity contribution in [3.63, 3.8) is 0 Å². The number of rotatable bonds is 0. The maximum absolute atomic E-state index is 3.62. The van der Waals surface area contributed by atoms with Crippen LogP contribution in [0.3, 0.4) is 0 Å². The van der Waals surface area contributed by atoms with E-state index < -0.39 is 0 Å². The van der Waals surface area contributed by atoms with E-state index in [4.69, 9.17) is 0 Å². The van der Waals surface area contributed by atoms with Gasteiger partial charge in [-0.25, -0.2) is 5.10 Å². The molecule has 0 bridgehead atoms. The maximum atomic E-state index is 3.62. The molecule has 9 heavy (non-hydrogen) atoms. The molecule has 0 fully saturated rings. The van der Waals surface area contributed by atoms with Crippen LogP contribution < -0.4 is 0 Å². The van der Waals surface area contributed by atoms with E-state index in [0.29, 0.717) is 0 Å². The van der Waals surface area contributed by atoms with Gasteiger partial charge in [-0.05, 0) is 0 Å². The molecule has 2 nitrogen and oxygen atoms in total. The van der Waals surface area contributed by atoms with Gasteiger partial charge >= 0.3 is 0 Å². The summed E-state index contributed by atoms with van der Waals surface area (Å²) in [6.07, 6.45) is 2.52. The van der Waals surface area contributed by atoms with Crippen molar-refractivity contribution in [2.45, 2.75) is 6.92 Å². The van der Waals surface area contributed by atoms with Gasteiger partial charge in [-0.2, -0.15) is 0 Å². The Morgan fingerprint density at radius 2 is 2.11 bits per heavy atom. The first-order valence-corrected chi connectivity index (χ1v) is 1.97. The van der Waals surface area contributed by atoms with Crippen molar-refractivity contribution in [1.82, 2.24) is 10.2 Å². The standard InChI is InChI=1S/C5H4N2.2Y/c1-5-3-2-4-6-7-5;;/h2H,1H3;;/q-2;;. The van der Waals surface area contributed by atoms with Gasteiger partial charge in [-0.1, -0.05) is 6.92 Å². The normalized spacial score (nSPS) is 6.78. The fourth-order valence-electron chi connectivity index (χ4n) is 0.298. The molecule has 0 aliphatic rings. The molecule has 1 aromatic heterocycles. The Morgan fingerprint density at radius 3 is 2.33 bits per heavy atom. The van der Waals surface area contributed by atoms with Gasteiger partial charge in [-0.15, -0.1) is 5.69 Å². The van der Waals surface area contributed by atoms with Gasteiger partial charge in [0.2, 0.25) is 0 Å². The van der Waals surface area contributed by atoms with Gasteiger partial charge < -0.3 is 23.4 Å². The van der Waals surface area contributed by atoms with Gasteiger partial charge in [0.05, 0.1) is 0 Å². The summed E-state index contributed by atoms with van der Waals surface area (Å²) in [5.74, 6) is 0. The van der Waals surface area contributed by atoms with Crippen molar-refractivity contribution in [3.8, 4) is 0 Å².